The predicted octanol–water partition coefficient (Wildman–Crippen LogP) is 2.95. The molecule has 1 heterocycles. The number of phosphoric ester groups is 1. The molecule has 0 aliphatic carbocycles. The first-order chi connectivity index (χ1) is 13.2. The van der Waals surface area contributed by atoms with E-state index >= 15 is 0 Å². The summed E-state index contributed by atoms with van der Waals surface area (Å²) in [5.41, 5.74) is 5.20. The van der Waals surface area contributed by atoms with Crippen LogP contribution in [0.4, 0.5) is 0 Å². The van der Waals surface area contributed by atoms with Gasteiger partial charge in [-0.05, 0) is 44.0 Å². The van der Waals surface area contributed by atoms with E-state index in [1.807, 2.05) is 30.3 Å². The minimum atomic E-state index is -4.51. The summed E-state index contributed by atoms with van der Waals surface area (Å²) in [6.45, 7) is 1.75. The van der Waals surface area contributed by atoms with Crippen LogP contribution in [0.5, 0.6) is 11.5 Å². The van der Waals surface area contributed by atoms with Crippen molar-refractivity contribution in [3.63, 3.8) is 0 Å². The summed E-state index contributed by atoms with van der Waals surface area (Å²) in [5.74, 6) is 7.46. The first-order valence-electron chi connectivity index (χ1n) is 8.50. The molecule has 28 heavy (non-hydrogen) atoms. The monoisotopic (exact) mass is 425 g/mol. The summed E-state index contributed by atoms with van der Waals surface area (Å²) in [6, 6.07) is 11.2. The zero-order chi connectivity index (χ0) is 20.6. The van der Waals surface area contributed by atoms with Crippen molar-refractivity contribution in [3.8, 4) is 23.3 Å². The standard InChI is InChI=1S/C19H24NO6PS/c1-19(20,14-26-27(21,22)23)11-10-18-9-8-17(28-18)7-4-12-25-16-6-3-5-15(13-16)24-2/h3,5-6,8-9,13H,10-12,14,20H2,1-2H3,(H2,21,22,23). The molecule has 7 nitrogen and oxygen atoms in total. The van der Waals surface area contributed by atoms with E-state index in [-0.39, 0.29) is 13.2 Å². The van der Waals surface area contributed by atoms with Crippen molar-refractivity contribution in [2.24, 2.45) is 5.73 Å². The van der Waals surface area contributed by atoms with Gasteiger partial charge in [-0.1, -0.05) is 17.9 Å². The molecule has 0 spiro atoms. The van der Waals surface area contributed by atoms with Crippen LogP contribution in [-0.2, 0) is 15.5 Å². The van der Waals surface area contributed by atoms with Gasteiger partial charge in [0.25, 0.3) is 0 Å². The lowest BCUT2D eigenvalue weighted by molar-refractivity contribution is 0.154. The molecule has 152 valence electrons. The molecule has 2 rings (SSSR count). The van der Waals surface area contributed by atoms with Gasteiger partial charge in [0.05, 0.1) is 18.6 Å². The highest BCUT2D eigenvalue weighted by molar-refractivity contribution is 7.46. The van der Waals surface area contributed by atoms with Crippen molar-refractivity contribution in [3.05, 3.63) is 46.2 Å². The van der Waals surface area contributed by atoms with Gasteiger partial charge in [-0.25, -0.2) is 4.57 Å². The molecule has 0 saturated heterocycles. The quantitative estimate of drug-likeness (QED) is 0.418. The number of nitrogens with two attached hydrogens (primary N) is 1. The Hall–Kier alpha value is -1.85. The van der Waals surface area contributed by atoms with E-state index in [2.05, 4.69) is 16.4 Å². The number of phosphoric acid groups is 1. The zero-order valence-electron chi connectivity index (χ0n) is 15.8. The molecular formula is C19H24NO6PS. The van der Waals surface area contributed by atoms with Crippen LogP contribution >= 0.6 is 19.2 Å². The van der Waals surface area contributed by atoms with Gasteiger partial charge < -0.3 is 25.0 Å². The topological polar surface area (TPSA) is 111 Å². The summed E-state index contributed by atoms with van der Waals surface area (Å²) in [5, 5.41) is 0. The molecule has 1 atom stereocenters. The Kier molecular flexibility index (Phi) is 8.08. The van der Waals surface area contributed by atoms with Gasteiger partial charge in [-0.2, -0.15) is 0 Å². The van der Waals surface area contributed by atoms with Crippen molar-refractivity contribution in [1.82, 2.24) is 0 Å². The molecule has 1 aromatic heterocycles. The first-order valence-corrected chi connectivity index (χ1v) is 10.8. The molecular weight excluding hydrogens is 401 g/mol. The highest BCUT2D eigenvalue weighted by Gasteiger charge is 2.24. The maximum atomic E-state index is 10.8. The third-order valence-electron chi connectivity index (χ3n) is 3.73. The van der Waals surface area contributed by atoms with E-state index in [1.54, 1.807) is 31.4 Å². The van der Waals surface area contributed by atoms with Crippen LogP contribution in [0, 0.1) is 11.8 Å². The van der Waals surface area contributed by atoms with Gasteiger partial charge in [0.1, 0.15) is 18.1 Å². The number of methoxy groups -OCH3 is 1. The van der Waals surface area contributed by atoms with E-state index in [0.29, 0.717) is 18.6 Å². The summed E-state index contributed by atoms with van der Waals surface area (Å²) in [4.78, 5) is 19.6. The fraction of sp³-hybridized carbons (Fsp3) is 0.368. The minimum absolute atomic E-state index is 0.211. The average Bonchev–Trinajstić information content (AvgIpc) is 3.10. The van der Waals surface area contributed by atoms with Crippen LogP contribution in [0.1, 0.15) is 23.1 Å². The van der Waals surface area contributed by atoms with Gasteiger partial charge in [0.2, 0.25) is 0 Å². The second-order valence-corrected chi connectivity index (χ2v) is 8.86. The third kappa shape index (κ3) is 8.44. The lowest BCUT2D eigenvalue weighted by Gasteiger charge is -2.24. The number of ether oxygens (including phenoxy) is 2. The Balaban J connectivity index is 1.80. The Morgan fingerprint density at radius 3 is 2.71 bits per heavy atom. The summed E-state index contributed by atoms with van der Waals surface area (Å²) in [6.07, 6.45) is 1.20. The number of hydrogen-bond acceptors (Lipinski definition) is 6. The fourth-order valence-electron chi connectivity index (χ4n) is 2.23. The summed E-state index contributed by atoms with van der Waals surface area (Å²) >= 11 is 1.55. The van der Waals surface area contributed by atoms with Crippen LogP contribution in [0.15, 0.2) is 36.4 Å². The van der Waals surface area contributed by atoms with Gasteiger partial charge in [-0.15, -0.1) is 11.3 Å². The van der Waals surface area contributed by atoms with Gasteiger partial charge in [-0.3, -0.25) is 4.52 Å². The summed E-state index contributed by atoms with van der Waals surface area (Å²) < 4.78 is 26.0. The van der Waals surface area contributed by atoms with Crippen molar-refractivity contribution in [1.29, 1.82) is 0 Å². The molecule has 0 radical (unpaired) electrons. The molecule has 0 amide bonds. The second kappa shape index (κ2) is 10.1. The fourth-order valence-corrected chi connectivity index (χ4v) is 3.57. The number of rotatable bonds is 9. The van der Waals surface area contributed by atoms with Crippen LogP contribution in [0.2, 0.25) is 0 Å². The first kappa shape index (κ1) is 22.4. The number of thiophene rings is 1. The zero-order valence-corrected chi connectivity index (χ0v) is 17.5. The SMILES string of the molecule is COc1cccc(OCC#Cc2ccc(CCC(C)(N)COP(=O)(O)O)s2)c1. The average molecular weight is 425 g/mol. The van der Waals surface area contributed by atoms with Crippen LogP contribution < -0.4 is 15.2 Å². The van der Waals surface area contributed by atoms with E-state index in [0.717, 1.165) is 15.5 Å². The van der Waals surface area contributed by atoms with Gasteiger partial charge in [0.15, 0.2) is 0 Å². The molecule has 0 aliphatic heterocycles. The van der Waals surface area contributed by atoms with E-state index in [1.165, 1.54) is 0 Å². The molecule has 2 aromatic rings. The van der Waals surface area contributed by atoms with Crippen LogP contribution in [-0.4, -0.2) is 35.6 Å². The minimum Gasteiger partial charge on any atom is -0.497 e. The molecule has 0 bridgehead atoms. The number of aryl methyl sites for hydroxylation is 1. The smallest absolute Gasteiger partial charge is 0.469 e. The normalized spacial score (nSPS) is 13.3. The van der Waals surface area contributed by atoms with E-state index in [9.17, 15) is 4.57 Å². The molecule has 0 fully saturated rings. The maximum absolute atomic E-state index is 10.8. The van der Waals surface area contributed by atoms with Crippen molar-refractivity contribution in [2.75, 3.05) is 20.3 Å². The Morgan fingerprint density at radius 1 is 1.25 bits per heavy atom. The Labute approximate surface area is 168 Å². The molecule has 0 saturated carbocycles. The lowest BCUT2D eigenvalue weighted by atomic mass is 9.98. The van der Waals surface area contributed by atoms with Crippen LogP contribution in [0.3, 0.4) is 0 Å². The second-order valence-electron chi connectivity index (χ2n) is 6.45. The molecule has 1 unspecified atom stereocenters. The van der Waals surface area contributed by atoms with Gasteiger partial charge in [0, 0.05) is 16.5 Å². The Morgan fingerprint density at radius 2 is 2.00 bits per heavy atom. The van der Waals surface area contributed by atoms with Crippen molar-refractivity contribution < 1.29 is 28.3 Å². The number of benzene rings is 1. The van der Waals surface area contributed by atoms with Gasteiger partial charge >= 0.3 is 7.82 Å². The molecule has 0 aliphatic rings. The van der Waals surface area contributed by atoms with E-state index < -0.39 is 13.4 Å². The highest BCUT2D eigenvalue weighted by atomic mass is 32.1. The third-order valence-corrected chi connectivity index (χ3v) is 5.26. The predicted molar refractivity (Wildman–Crippen MR) is 109 cm³/mol. The number of hydrogen-bond donors (Lipinski definition) is 3. The molecule has 1 aromatic carbocycles. The molecule has 9 heteroatoms. The van der Waals surface area contributed by atoms with E-state index in [4.69, 9.17) is 25.0 Å². The Bertz CT molecular complexity index is 880. The maximum Gasteiger partial charge on any atom is 0.469 e. The largest absolute Gasteiger partial charge is 0.497 e. The van der Waals surface area contributed by atoms with Crippen molar-refractivity contribution >= 4 is 19.2 Å². The lowest BCUT2D eigenvalue weighted by Crippen LogP contribution is -2.41. The molecule has 4 N–H and O–H groups in total. The highest BCUT2D eigenvalue weighted by Crippen LogP contribution is 2.37. The summed E-state index contributed by atoms with van der Waals surface area (Å²) in [7, 11) is -2.91. The van der Waals surface area contributed by atoms with Crippen molar-refractivity contribution in [2.45, 2.75) is 25.3 Å². The van der Waals surface area contributed by atoms with Crippen LogP contribution in [0.25, 0.3) is 0 Å².